The number of allylic oxidation sites excluding steroid dienone is 1. The lowest BCUT2D eigenvalue weighted by Crippen LogP contribution is -2.40. The zero-order chi connectivity index (χ0) is 13.8. The van der Waals surface area contributed by atoms with Crippen LogP contribution in [0.15, 0.2) is 22.8 Å². The van der Waals surface area contributed by atoms with Gasteiger partial charge in [-0.3, -0.25) is 0 Å². The van der Waals surface area contributed by atoms with Gasteiger partial charge in [-0.25, -0.2) is 4.79 Å². The van der Waals surface area contributed by atoms with Gasteiger partial charge in [-0.1, -0.05) is 25.5 Å². The summed E-state index contributed by atoms with van der Waals surface area (Å²) < 4.78 is 5.35. The van der Waals surface area contributed by atoms with E-state index < -0.39 is 5.97 Å². The first kappa shape index (κ1) is 12.9. The van der Waals surface area contributed by atoms with Crippen LogP contribution < -0.4 is 0 Å². The van der Waals surface area contributed by atoms with Crippen molar-refractivity contribution in [1.82, 2.24) is 0 Å². The normalized spacial score (nSPS) is 41.6. The molecule has 3 rings (SSSR count). The highest BCUT2D eigenvalue weighted by Crippen LogP contribution is 2.52. The number of ether oxygens (including phenoxy) is 1. The van der Waals surface area contributed by atoms with Crippen LogP contribution in [0.1, 0.15) is 33.1 Å². The Labute approximate surface area is 112 Å². The molecule has 0 amide bonds. The first-order valence-electron chi connectivity index (χ1n) is 6.89. The zero-order valence-electron chi connectivity index (χ0n) is 11.3. The molecule has 4 nitrogen and oxygen atoms in total. The number of hydrogen-bond donors (Lipinski definition) is 2. The summed E-state index contributed by atoms with van der Waals surface area (Å²) in [5.41, 5.74) is 2.44. The van der Waals surface area contributed by atoms with E-state index in [1.807, 2.05) is 6.08 Å². The van der Waals surface area contributed by atoms with E-state index in [2.05, 4.69) is 13.8 Å². The Bertz CT molecular complexity index is 490. The Morgan fingerprint density at radius 3 is 2.89 bits per heavy atom. The molecule has 0 saturated heterocycles. The molecule has 2 aliphatic carbocycles. The second-order valence-corrected chi connectivity index (χ2v) is 6.35. The van der Waals surface area contributed by atoms with Gasteiger partial charge in [0.05, 0.1) is 18.3 Å². The van der Waals surface area contributed by atoms with Gasteiger partial charge in [-0.2, -0.15) is 0 Å². The number of esters is 1. The summed E-state index contributed by atoms with van der Waals surface area (Å²) in [4.78, 5) is 11.7. The molecule has 0 spiro atoms. The average Bonchev–Trinajstić information content (AvgIpc) is 2.59. The lowest BCUT2D eigenvalue weighted by atomic mass is 9.60. The topological polar surface area (TPSA) is 66.8 Å². The van der Waals surface area contributed by atoms with Crippen molar-refractivity contribution in [2.75, 3.05) is 6.61 Å². The van der Waals surface area contributed by atoms with Crippen LogP contribution in [-0.4, -0.2) is 35.0 Å². The largest absolute Gasteiger partial charge is 0.454 e. The Kier molecular flexibility index (Phi) is 2.84. The standard InChI is InChI=1S/C15H20O4/c1-8-3-9(17)5-15(2)6-13-10(4-12(8)15)11(7-16)14(18)19-13/h4,8-9,13,16-17H,3,5-7H2,1-2H3. The SMILES string of the molecule is CC1CC(O)CC2(C)CC3OC(=O)C(CO)=C3C=C12. The van der Waals surface area contributed by atoms with Crippen molar-refractivity contribution < 1.29 is 19.7 Å². The molecule has 1 heterocycles. The summed E-state index contributed by atoms with van der Waals surface area (Å²) in [6.45, 7) is 3.99. The Balaban J connectivity index is 2.06. The third-order valence-electron chi connectivity index (χ3n) is 4.84. The number of aliphatic hydroxyl groups excluding tert-OH is 2. The van der Waals surface area contributed by atoms with Crippen LogP contribution in [0.5, 0.6) is 0 Å². The lowest BCUT2D eigenvalue weighted by Gasteiger charge is -2.46. The van der Waals surface area contributed by atoms with Crippen LogP contribution in [0.25, 0.3) is 0 Å². The Morgan fingerprint density at radius 1 is 1.47 bits per heavy atom. The number of rotatable bonds is 1. The van der Waals surface area contributed by atoms with E-state index >= 15 is 0 Å². The molecular formula is C15H20O4. The predicted octanol–water partition coefficient (Wildman–Crippen LogP) is 1.33. The third-order valence-corrected chi connectivity index (χ3v) is 4.84. The monoisotopic (exact) mass is 264 g/mol. The summed E-state index contributed by atoms with van der Waals surface area (Å²) in [7, 11) is 0. The molecule has 0 radical (unpaired) electrons. The van der Waals surface area contributed by atoms with Crippen LogP contribution in [0, 0.1) is 11.3 Å². The molecule has 1 fully saturated rings. The molecule has 0 aromatic rings. The smallest absolute Gasteiger partial charge is 0.337 e. The summed E-state index contributed by atoms with van der Waals surface area (Å²) in [5.74, 6) is -0.0901. The fraction of sp³-hybridized carbons (Fsp3) is 0.667. The predicted molar refractivity (Wildman–Crippen MR) is 69.2 cm³/mol. The highest BCUT2D eigenvalue weighted by molar-refractivity contribution is 5.93. The molecule has 2 N–H and O–H groups in total. The van der Waals surface area contributed by atoms with Crippen LogP contribution >= 0.6 is 0 Å². The van der Waals surface area contributed by atoms with Gasteiger partial charge in [-0.05, 0) is 30.6 Å². The van der Waals surface area contributed by atoms with Crippen LogP contribution in [0.4, 0.5) is 0 Å². The van der Waals surface area contributed by atoms with Crippen molar-refractivity contribution in [3.63, 3.8) is 0 Å². The van der Waals surface area contributed by atoms with Gasteiger partial charge >= 0.3 is 5.97 Å². The van der Waals surface area contributed by atoms with Crippen molar-refractivity contribution in [2.24, 2.45) is 11.3 Å². The summed E-state index contributed by atoms with van der Waals surface area (Å²) in [6.07, 6.45) is 3.71. The molecule has 0 aromatic heterocycles. The number of carbonyl (C=O) groups is 1. The van der Waals surface area contributed by atoms with E-state index in [0.29, 0.717) is 17.9 Å². The second-order valence-electron chi connectivity index (χ2n) is 6.35. The van der Waals surface area contributed by atoms with Gasteiger partial charge in [0.2, 0.25) is 0 Å². The zero-order valence-corrected chi connectivity index (χ0v) is 11.3. The van der Waals surface area contributed by atoms with E-state index in [0.717, 1.165) is 18.4 Å². The maximum absolute atomic E-state index is 11.7. The van der Waals surface area contributed by atoms with E-state index in [1.165, 1.54) is 5.57 Å². The van der Waals surface area contributed by atoms with E-state index in [9.17, 15) is 15.0 Å². The highest BCUT2D eigenvalue weighted by atomic mass is 16.5. The van der Waals surface area contributed by atoms with Gasteiger partial charge in [0, 0.05) is 5.57 Å². The van der Waals surface area contributed by atoms with E-state index in [1.54, 1.807) is 0 Å². The molecule has 104 valence electrons. The van der Waals surface area contributed by atoms with Gasteiger partial charge in [-0.15, -0.1) is 0 Å². The first-order valence-corrected chi connectivity index (χ1v) is 6.89. The Hall–Kier alpha value is -1.13. The van der Waals surface area contributed by atoms with Crippen molar-refractivity contribution in [2.45, 2.75) is 45.3 Å². The Morgan fingerprint density at radius 2 is 2.21 bits per heavy atom. The number of fused-ring (bicyclic) bond motifs is 2. The fourth-order valence-electron chi connectivity index (χ4n) is 4.01. The molecule has 1 saturated carbocycles. The maximum Gasteiger partial charge on any atom is 0.337 e. The minimum atomic E-state index is -0.394. The lowest BCUT2D eigenvalue weighted by molar-refractivity contribution is -0.141. The van der Waals surface area contributed by atoms with E-state index in [-0.39, 0.29) is 24.2 Å². The average molecular weight is 264 g/mol. The molecular weight excluding hydrogens is 244 g/mol. The van der Waals surface area contributed by atoms with Gasteiger partial charge in [0.15, 0.2) is 0 Å². The van der Waals surface area contributed by atoms with Crippen LogP contribution in [0.3, 0.4) is 0 Å². The van der Waals surface area contributed by atoms with Crippen LogP contribution in [0.2, 0.25) is 0 Å². The summed E-state index contributed by atoms with van der Waals surface area (Å²) in [5, 5.41) is 19.3. The molecule has 0 aromatic carbocycles. The first-order chi connectivity index (χ1) is 8.94. The molecule has 1 aliphatic heterocycles. The number of aliphatic hydroxyl groups is 2. The van der Waals surface area contributed by atoms with Gasteiger partial charge in [0.25, 0.3) is 0 Å². The number of hydrogen-bond acceptors (Lipinski definition) is 4. The minimum Gasteiger partial charge on any atom is -0.454 e. The van der Waals surface area contributed by atoms with Crippen LogP contribution in [-0.2, 0) is 9.53 Å². The minimum absolute atomic E-state index is 0.101. The molecule has 4 atom stereocenters. The molecule has 4 unspecified atom stereocenters. The molecule has 19 heavy (non-hydrogen) atoms. The van der Waals surface area contributed by atoms with Gasteiger partial charge < -0.3 is 14.9 Å². The molecule has 0 bridgehead atoms. The van der Waals surface area contributed by atoms with Crippen molar-refractivity contribution >= 4 is 5.97 Å². The maximum atomic E-state index is 11.7. The fourth-order valence-corrected chi connectivity index (χ4v) is 4.01. The molecule has 4 heteroatoms. The quantitative estimate of drug-likeness (QED) is 0.701. The van der Waals surface area contributed by atoms with Crippen molar-refractivity contribution in [1.29, 1.82) is 0 Å². The van der Waals surface area contributed by atoms with E-state index in [4.69, 9.17) is 4.74 Å². The van der Waals surface area contributed by atoms with Crippen molar-refractivity contribution in [3.05, 3.63) is 22.8 Å². The number of carbonyl (C=O) groups excluding carboxylic acids is 1. The molecule has 3 aliphatic rings. The summed E-state index contributed by atoms with van der Waals surface area (Å²) >= 11 is 0. The third kappa shape index (κ3) is 1.85. The van der Waals surface area contributed by atoms with Gasteiger partial charge in [0.1, 0.15) is 6.10 Å². The highest BCUT2D eigenvalue weighted by Gasteiger charge is 2.47. The van der Waals surface area contributed by atoms with Crippen molar-refractivity contribution in [3.8, 4) is 0 Å². The summed E-state index contributed by atoms with van der Waals surface area (Å²) in [6, 6.07) is 0. The second kappa shape index (κ2) is 4.18.